The van der Waals surface area contributed by atoms with Crippen molar-refractivity contribution in [1.29, 1.82) is 0 Å². The molecule has 11 nitrogen and oxygen atoms in total. The molecule has 210 valence electrons. The lowest BCUT2D eigenvalue weighted by molar-refractivity contribution is -0.419. The van der Waals surface area contributed by atoms with Crippen LogP contribution in [0.5, 0.6) is 11.5 Å². The zero-order chi connectivity index (χ0) is 29.4. The summed E-state index contributed by atoms with van der Waals surface area (Å²) in [4.78, 5) is 40.1. The number of H-pyrrole nitrogens is 1. The Kier molecular flexibility index (Phi) is 6.74. The Morgan fingerprint density at radius 3 is 2.57 bits per heavy atom. The predicted octanol–water partition coefficient (Wildman–Crippen LogP) is 4.62. The molecular formula is C29H22F2N7O4+. The third-order valence-electron chi connectivity index (χ3n) is 6.66. The summed E-state index contributed by atoms with van der Waals surface area (Å²) in [6.07, 6.45) is 6.18. The molecule has 13 heteroatoms. The van der Waals surface area contributed by atoms with Crippen molar-refractivity contribution in [3.05, 3.63) is 90.9 Å². The van der Waals surface area contributed by atoms with Crippen LogP contribution < -0.4 is 15.0 Å². The van der Waals surface area contributed by atoms with Crippen molar-refractivity contribution in [3.8, 4) is 22.8 Å². The maximum atomic E-state index is 15.2. The Bertz CT molecular complexity index is 1870. The number of nitrogens with zero attached hydrogens (tertiary/aromatic N) is 5. The number of pyridine rings is 1. The number of nitrogens with one attached hydrogen (secondary N) is 2. The van der Waals surface area contributed by atoms with E-state index in [1.807, 2.05) is 0 Å². The normalized spacial score (nSPS) is 15.2. The number of aromatic nitrogens is 4. The molecule has 0 fully saturated rings. The van der Waals surface area contributed by atoms with Crippen molar-refractivity contribution in [2.75, 3.05) is 16.8 Å². The average molecular weight is 571 g/mol. The molecule has 42 heavy (non-hydrogen) atoms. The van der Waals surface area contributed by atoms with E-state index in [1.165, 1.54) is 35.1 Å². The molecular weight excluding hydrogens is 548 g/mol. The molecule has 1 atom stereocenters. The monoisotopic (exact) mass is 570 g/mol. The lowest BCUT2D eigenvalue weighted by Crippen LogP contribution is -2.54. The predicted molar refractivity (Wildman–Crippen MR) is 148 cm³/mol. The van der Waals surface area contributed by atoms with Crippen LogP contribution in [0.1, 0.15) is 6.92 Å². The Hall–Kier alpha value is -5.72. The molecule has 0 spiro atoms. The summed E-state index contributed by atoms with van der Waals surface area (Å²) in [5.74, 6) is -4.08. The molecule has 3 aromatic heterocycles. The third kappa shape index (κ3) is 4.87. The van der Waals surface area contributed by atoms with Crippen LogP contribution in [0.25, 0.3) is 16.8 Å². The maximum Gasteiger partial charge on any atom is 0.505 e. The van der Waals surface area contributed by atoms with Crippen molar-refractivity contribution in [2.45, 2.75) is 6.92 Å². The molecule has 1 unspecified atom stereocenters. The molecule has 2 aromatic carbocycles. The van der Waals surface area contributed by atoms with Crippen LogP contribution in [0.15, 0.2) is 79.3 Å². The number of urea groups is 1. The zero-order valence-corrected chi connectivity index (χ0v) is 22.0. The topological polar surface area (TPSA) is 125 Å². The summed E-state index contributed by atoms with van der Waals surface area (Å²) in [6, 6.07) is 13.1. The number of anilines is 2. The van der Waals surface area contributed by atoms with Crippen LogP contribution >= 0.6 is 0 Å². The first kappa shape index (κ1) is 26.5. The van der Waals surface area contributed by atoms with Crippen molar-refractivity contribution >= 4 is 41.0 Å². The molecule has 0 bridgehead atoms. The van der Waals surface area contributed by atoms with Gasteiger partial charge in [0.1, 0.15) is 17.0 Å². The van der Waals surface area contributed by atoms with E-state index < -0.39 is 35.4 Å². The number of rotatable bonds is 7. The molecule has 0 saturated carbocycles. The minimum absolute atomic E-state index is 0.0695. The van der Waals surface area contributed by atoms with E-state index in [9.17, 15) is 18.8 Å². The van der Waals surface area contributed by atoms with Gasteiger partial charge < -0.3 is 10.1 Å². The number of halogens is 2. The van der Waals surface area contributed by atoms with Crippen molar-refractivity contribution in [2.24, 2.45) is 5.92 Å². The quantitative estimate of drug-likeness (QED) is 0.217. The van der Waals surface area contributed by atoms with Gasteiger partial charge in [-0.2, -0.15) is 15.0 Å². The van der Waals surface area contributed by atoms with Crippen molar-refractivity contribution < 1.29 is 32.5 Å². The highest BCUT2D eigenvalue weighted by atomic mass is 19.1. The van der Waals surface area contributed by atoms with Gasteiger partial charge in [-0.25, -0.2) is 22.7 Å². The smallest absolute Gasteiger partial charge is 0.452 e. The summed E-state index contributed by atoms with van der Waals surface area (Å²) < 4.78 is 37.3. The molecule has 1 aliphatic rings. The van der Waals surface area contributed by atoms with Gasteiger partial charge in [0.2, 0.25) is 5.91 Å². The first-order chi connectivity index (χ1) is 20.3. The first-order valence-corrected chi connectivity index (χ1v) is 12.8. The zero-order valence-electron chi connectivity index (χ0n) is 22.0. The van der Waals surface area contributed by atoms with E-state index in [-0.39, 0.29) is 23.7 Å². The molecule has 4 heterocycles. The first-order valence-electron chi connectivity index (χ1n) is 12.8. The van der Waals surface area contributed by atoms with E-state index in [4.69, 9.17) is 4.74 Å². The molecule has 0 radical (unpaired) electrons. The number of aromatic amines is 1. The van der Waals surface area contributed by atoms with Gasteiger partial charge in [0.15, 0.2) is 23.2 Å². The molecule has 0 saturated heterocycles. The minimum atomic E-state index is -1.40. The van der Waals surface area contributed by atoms with Gasteiger partial charge in [-0.05, 0) is 61.5 Å². The molecule has 5 aromatic rings. The van der Waals surface area contributed by atoms with Crippen LogP contribution in [0.2, 0.25) is 0 Å². The van der Waals surface area contributed by atoms with Crippen LogP contribution in [0.4, 0.5) is 25.0 Å². The summed E-state index contributed by atoms with van der Waals surface area (Å²) in [7, 11) is 0. The molecule has 6 rings (SSSR count). The number of benzene rings is 2. The SMILES string of the molecule is CC[N+]1=CC(C(=O)Nc2ccc(Oc3cc(-c4ccn[nH]4)cn4nccc34)c(F)c2)C(=O)N(c2ccc(F)cc2)C1=O. The standard InChI is InChI=1S/C29H21F2N7O4/c1-2-36-16-21(28(40)38(29(36)41)20-6-3-18(30)4-7-20)27(39)34-19-5-8-25(22(31)14-19)42-26-13-17(23-9-11-32-35-23)15-37-24(26)10-12-33-37/h3-16,21H,2H2,1H3,(H-,32,34,35,39)/p+1. The Labute approximate surface area is 236 Å². The highest BCUT2D eigenvalue weighted by Gasteiger charge is 2.47. The number of amides is 4. The van der Waals surface area contributed by atoms with Crippen LogP contribution in [0.3, 0.4) is 0 Å². The van der Waals surface area contributed by atoms with Crippen molar-refractivity contribution in [1.82, 2.24) is 19.8 Å². The number of ether oxygens (including phenoxy) is 1. The number of hydrogen-bond donors (Lipinski definition) is 2. The fourth-order valence-corrected chi connectivity index (χ4v) is 4.56. The van der Waals surface area contributed by atoms with Gasteiger partial charge >= 0.3 is 11.9 Å². The molecule has 4 amide bonds. The number of carbonyl (C=O) groups excluding carboxylic acids is 3. The second kappa shape index (κ2) is 10.7. The highest BCUT2D eigenvalue weighted by Crippen LogP contribution is 2.33. The Balaban J connectivity index is 1.23. The van der Waals surface area contributed by atoms with Gasteiger partial charge in [-0.15, -0.1) is 4.90 Å². The van der Waals surface area contributed by atoms with Gasteiger partial charge in [-0.3, -0.25) is 9.89 Å². The number of carbonyl (C=O) groups is 3. The lowest BCUT2D eigenvalue weighted by atomic mass is 10.1. The largest absolute Gasteiger partial charge is 0.505 e. The summed E-state index contributed by atoms with van der Waals surface area (Å²) in [5.41, 5.74) is 2.21. The van der Waals surface area contributed by atoms with E-state index in [0.717, 1.165) is 23.1 Å². The second-order valence-corrected chi connectivity index (χ2v) is 9.31. The van der Waals surface area contributed by atoms with E-state index in [0.29, 0.717) is 22.5 Å². The van der Waals surface area contributed by atoms with Crippen LogP contribution in [-0.2, 0) is 9.59 Å². The lowest BCUT2D eigenvalue weighted by Gasteiger charge is -2.22. The van der Waals surface area contributed by atoms with Gasteiger partial charge in [0.25, 0.3) is 0 Å². The van der Waals surface area contributed by atoms with Crippen molar-refractivity contribution in [3.63, 3.8) is 0 Å². The number of imide groups is 1. The fourth-order valence-electron chi connectivity index (χ4n) is 4.56. The minimum Gasteiger partial charge on any atom is -0.452 e. The van der Waals surface area contributed by atoms with Crippen LogP contribution in [-0.4, -0.2) is 55.0 Å². The molecule has 0 aliphatic carbocycles. The summed E-state index contributed by atoms with van der Waals surface area (Å²) in [5, 5.41) is 13.6. The van der Waals surface area contributed by atoms with E-state index in [1.54, 1.807) is 48.2 Å². The molecule has 1 aliphatic heterocycles. The second-order valence-electron chi connectivity index (χ2n) is 9.31. The van der Waals surface area contributed by atoms with E-state index in [2.05, 4.69) is 20.6 Å². The fraction of sp³-hybridized carbons (Fsp3) is 0.103. The Morgan fingerprint density at radius 1 is 1.05 bits per heavy atom. The Morgan fingerprint density at radius 2 is 1.86 bits per heavy atom. The average Bonchev–Trinajstić information content (AvgIpc) is 3.68. The van der Waals surface area contributed by atoms with E-state index >= 15 is 4.39 Å². The van der Waals surface area contributed by atoms with Gasteiger partial charge in [0, 0.05) is 29.7 Å². The molecule has 2 N–H and O–H groups in total. The van der Waals surface area contributed by atoms with Crippen LogP contribution in [0, 0.1) is 17.6 Å². The highest BCUT2D eigenvalue weighted by molar-refractivity contribution is 6.28. The number of fused-ring (bicyclic) bond motifs is 1. The third-order valence-corrected chi connectivity index (χ3v) is 6.66. The number of hydrogen-bond acceptors (Lipinski definition) is 6. The maximum absolute atomic E-state index is 15.2. The summed E-state index contributed by atoms with van der Waals surface area (Å²) >= 11 is 0. The van der Waals surface area contributed by atoms with Gasteiger partial charge in [0.05, 0.1) is 24.7 Å². The summed E-state index contributed by atoms with van der Waals surface area (Å²) in [6.45, 7) is 1.86. The van der Waals surface area contributed by atoms with Gasteiger partial charge in [-0.1, -0.05) is 0 Å².